The van der Waals surface area contributed by atoms with Gasteiger partial charge in [0.1, 0.15) is 12.4 Å². The molecule has 0 bridgehead atoms. The van der Waals surface area contributed by atoms with Crippen molar-refractivity contribution in [1.29, 1.82) is 0 Å². The second-order valence-corrected chi connectivity index (χ2v) is 7.26. The van der Waals surface area contributed by atoms with Crippen LogP contribution >= 0.6 is 11.3 Å². The minimum absolute atomic E-state index is 0.0546. The third-order valence-electron chi connectivity index (χ3n) is 4.30. The topological polar surface area (TPSA) is 90.4 Å². The van der Waals surface area contributed by atoms with Crippen LogP contribution in [-0.4, -0.2) is 29.2 Å². The van der Waals surface area contributed by atoms with Gasteiger partial charge in [0.05, 0.1) is 7.11 Å². The highest BCUT2D eigenvalue weighted by Crippen LogP contribution is 2.28. The molecule has 1 saturated carbocycles. The second kappa shape index (κ2) is 8.75. The number of rotatable bonds is 7. The Morgan fingerprint density at radius 1 is 1.19 bits per heavy atom. The first kappa shape index (κ1) is 18.3. The first-order valence-electron chi connectivity index (χ1n) is 8.57. The molecule has 0 saturated heterocycles. The lowest BCUT2D eigenvalue weighted by Gasteiger charge is -2.07. The number of benzene rings is 1. The number of amides is 1. The highest BCUT2D eigenvalue weighted by molar-refractivity contribution is 7.13. The van der Waals surface area contributed by atoms with Crippen LogP contribution in [0.3, 0.4) is 0 Å². The Hall–Kier alpha value is -2.48. The Bertz CT molecular complexity index is 754. The molecule has 1 heterocycles. The molecule has 8 heteroatoms. The number of hydrogen-bond acceptors (Lipinski definition) is 7. The number of ether oxygens (including phenoxy) is 2. The van der Waals surface area contributed by atoms with Crippen molar-refractivity contribution in [3.63, 3.8) is 0 Å². The molecule has 1 aromatic carbocycles. The van der Waals surface area contributed by atoms with E-state index in [-0.39, 0.29) is 23.5 Å². The van der Waals surface area contributed by atoms with Gasteiger partial charge < -0.3 is 14.8 Å². The summed E-state index contributed by atoms with van der Waals surface area (Å²) in [7, 11) is 1.58. The van der Waals surface area contributed by atoms with Crippen molar-refractivity contribution in [3.05, 3.63) is 34.3 Å². The molecule has 0 spiro atoms. The molecular weight excluding hydrogens is 354 g/mol. The molecule has 1 amide bonds. The largest absolute Gasteiger partial charge is 0.497 e. The molecule has 1 N–H and O–H groups in total. The molecule has 0 aliphatic heterocycles. The first-order valence-corrected chi connectivity index (χ1v) is 9.39. The maximum atomic E-state index is 12.2. The number of nitrogens with zero attached hydrogens (tertiary/aromatic N) is 2. The van der Waals surface area contributed by atoms with Gasteiger partial charge in [-0.2, -0.15) is 0 Å². The summed E-state index contributed by atoms with van der Waals surface area (Å²) in [4.78, 5) is 24.1. The van der Waals surface area contributed by atoms with E-state index in [9.17, 15) is 9.59 Å². The molecule has 1 aliphatic carbocycles. The van der Waals surface area contributed by atoms with Gasteiger partial charge in [0.25, 0.3) is 5.91 Å². The van der Waals surface area contributed by atoms with Crippen LogP contribution in [-0.2, 0) is 16.1 Å². The Morgan fingerprint density at radius 2 is 1.92 bits per heavy atom. The van der Waals surface area contributed by atoms with Crippen molar-refractivity contribution in [2.45, 2.75) is 38.7 Å². The van der Waals surface area contributed by atoms with E-state index in [0.29, 0.717) is 28.8 Å². The Labute approximate surface area is 155 Å². The zero-order chi connectivity index (χ0) is 18.4. The summed E-state index contributed by atoms with van der Waals surface area (Å²) in [6.07, 6.45) is 5.05. The van der Waals surface area contributed by atoms with Crippen molar-refractivity contribution in [2.75, 3.05) is 12.4 Å². The van der Waals surface area contributed by atoms with E-state index in [4.69, 9.17) is 9.47 Å². The van der Waals surface area contributed by atoms with E-state index in [1.54, 1.807) is 31.4 Å². The van der Waals surface area contributed by atoms with E-state index in [1.807, 2.05) is 0 Å². The maximum Gasteiger partial charge on any atom is 0.306 e. The molecule has 138 valence electrons. The van der Waals surface area contributed by atoms with Crippen molar-refractivity contribution in [3.8, 4) is 5.75 Å². The first-order chi connectivity index (χ1) is 12.6. The van der Waals surface area contributed by atoms with E-state index < -0.39 is 0 Å². The zero-order valence-electron chi connectivity index (χ0n) is 14.6. The summed E-state index contributed by atoms with van der Waals surface area (Å²) >= 11 is 1.12. The predicted octanol–water partition coefficient (Wildman–Crippen LogP) is 3.42. The number of esters is 1. The minimum Gasteiger partial charge on any atom is -0.497 e. The number of nitrogens with one attached hydrogen (secondary N) is 1. The molecule has 1 aromatic heterocycles. The molecule has 3 rings (SSSR count). The number of aromatic nitrogens is 2. The number of carbonyl (C=O) groups is 2. The molecule has 7 nitrogen and oxygen atoms in total. The molecule has 1 fully saturated rings. The number of anilines is 1. The van der Waals surface area contributed by atoms with Crippen LogP contribution in [0.1, 0.15) is 46.9 Å². The summed E-state index contributed by atoms with van der Waals surface area (Å²) in [5, 5.41) is 11.3. The van der Waals surface area contributed by atoms with Gasteiger partial charge in [0, 0.05) is 12.1 Å². The quantitative estimate of drug-likeness (QED) is 0.746. The van der Waals surface area contributed by atoms with Crippen LogP contribution in [0.15, 0.2) is 24.3 Å². The molecule has 0 radical (unpaired) electrons. The van der Waals surface area contributed by atoms with Crippen molar-refractivity contribution >= 4 is 28.9 Å². The standard InChI is InChI=1S/C18H21N3O4S/c1-24-14-8-6-13(7-9-14)19-17(23)18-21-20-15(26-18)11-25-16(22)10-12-4-2-3-5-12/h6-9,12H,2-5,10-11H2,1H3,(H,19,23). The van der Waals surface area contributed by atoms with Crippen molar-refractivity contribution in [1.82, 2.24) is 10.2 Å². The lowest BCUT2D eigenvalue weighted by atomic mass is 10.1. The van der Waals surface area contributed by atoms with E-state index in [2.05, 4.69) is 15.5 Å². The van der Waals surface area contributed by atoms with Gasteiger partial charge in [-0.05, 0) is 43.0 Å². The highest BCUT2D eigenvalue weighted by Gasteiger charge is 2.20. The summed E-state index contributed by atoms with van der Waals surface area (Å²) in [5.74, 6) is 0.593. The Balaban J connectivity index is 1.48. The monoisotopic (exact) mass is 375 g/mol. The smallest absolute Gasteiger partial charge is 0.306 e. The fraction of sp³-hybridized carbons (Fsp3) is 0.444. The van der Waals surface area contributed by atoms with Crippen LogP contribution < -0.4 is 10.1 Å². The Morgan fingerprint density at radius 3 is 2.62 bits per heavy atom. The lowest BCUT2D eigenvalue weighted by Crippen LogP contribution is -2.11. The molecule has 2 aromatic rings. The van der Waals surface area contributed by atoms with Gasteiger partial charge >= 0.3 is 5.97 Å². The summed E-state index contributed by atoms with van der Waals surface area (Å²) in [6.45, 7) is 0.0546. The zero-order valence-corrected chi connectivity index (χ0v) is 15.4. The fourth-order valence-corrected chi connectivity index (χ4v) is 3.56. The van der Waals surface area contributed by atoms with Gasteiger partial charge in [0.2, 0.25) is 5.01 Å². The third kappa shape index (κ3) is 5.01. The lowest BCUT2D eigenvalue weighted by molar-refractivity contribution is -0.146. The number of carbonyl (C=O) groups excluding carboxylic acids is 2. The normalized spacial score (nSPS) is 14.2. The fourth-order valence-electron chi connectivity index (χ4n) is 2.91. The SMILES string of the molecule is COc1ccc(NC(=O)c2nnc(COC(=O)CC3CCCC3)s2)cc1. The molecule has 0 atom stereocenters. The van der Waals surface area contributed by atoms with Crippen LogP contribution in [0.2, 0.25) is 0 Å². The minimum atomic E-state index is -0.351. The Kier molecular flexibility index (Phi) is 6.17. The predicted molar refractivity (Wildman–Crippen MR) is 97.2 cm³/mol. The van der Waals surface area contributed by atoms with Crippen LogP contribution in [0.25, 0.3) is 0 Å². The summed E-state index contributed by atoms with van der Waals surface area (Å²) < 4.78 is 10.3. The van der Waals surface area contributed by atoms with E-state index >= 15 is 0 Å². The van der Waals surface area contributed by atoms with Gasteiger partial charge in [-0.1, -0.05) is 24.2 Å². The van der Waals surface area contributed by atoms with Crippen molar-refractivity contribution in [2.24, 2.45) is 5.92 Å². The maximum absolute atomic E-state index is 12.2. The highest BCUT2D eigenvalue weighted by atomic mass is 32.1. The molecule has 26 heavy (non-hydrogen) atoms. The van der Waals surface area contributed by atoms with Gasteiger partial charge in [-0.3, -0.25) is 9.59 Å². The molecular formula is C18H21N3O4S. The van der Waals surface area contributed by atoms with Crippen LogP contribution in [0.5, 0.6) is 5.75 Å². The van der Waals surface area contributed by atoms with Gasteiger partial charge in [-0.15, -0.1) is 10.2 Å². The average Bonchev–Trinajstić information content (AvgIpc) is 3.32. The van der Waals surface area contributed by atoms with Gasteiger partial charge in [0.15, 0.2) is 5.01 Å². The summed E-state index contributed by atoms with van der Waals surface area (Å²) in [5.41, 5.74) is 0.635. The summed E-state index contributed by atoms with van der Waals surface area (Å²) in [6, 6.07) is 6.99. The van der Waals surface area contributed by atoms with Crippen LogP contribution in [0, 0.1) is 5.92 Å². The van der Waals surface area contributed by atoms with E-state index in [1.165, 1.54) is 12.8 Å². The van der Waals surface area contributed by atoms with Crippen LogP contribution in [0.4, 0.5) is 5.69 Å². The number of hydrogen-bond donors (Lipinski definition) is 1. The average molecular weight is 375 g/mol. The van der Waals surface area contributed by atoms with E-state index in [0.717, 1.165) is 24.2 Å². The van der Waals surface area contributed by atoms with Gasteiger partial charge in [-0.25, -0.2) is 0 Å². The third-order valence-corrected chi connectivity index (χ3v) is 5.19. The van der Waals surface area contributed by atoms with Crippen molar-refractivity contribution < 1.29 is 19.1 Å². The number of methoxy groups -OCH3 is 1. The molecule has 1 aliphatic rings. The second-order valence-electron chi connectivity index (χ2n) is 6.20. The molecule has 0 unspecified atom stereocenters.